The third kappa shape index (κ3) is 4.62. The monoisotopic (exact) mass is 478 g/mol. The van der Waals surface area contributed by atoms with E-state index in [-0.39, 0.29) is 49.3 Å². The molecule has 3 aliphatic rings. The van der Waals surface area contributed by atoms with Gasteiger partial charge < -0.3 is 25.6 Å². The van der Waals surface area contributed by atoms with Gasteiger partial charge in [-0.15, -0.1) is 0 Å². The van der Waals surface area contributed by atoms with Crippen molar-refractivity contribution in [3.63, 3.8) is 0 Å². The Kier molecular flexibility index (Phi) is 6.47. The Balaban J connectivity index is 1.09. The first-order valence-corrected chi connectivity index (χ1v) is 12.2. The van der Waals surface area contributed by atoms with Crippen LogP contribution in [0, 0.1) is 17.8 Å². The minimum atomic E-state index is -1.47. The molecule has 35 heavy (non-hydrogen) atoms. The number of hydrogen-bond acceptors (Lipinski definition) is 5. The van der Waals surface area contributed by atoms with Gasteiger partial charge in [0, 0.05) is 30.8 Å². The molecule has 2 aromatic rings. The lowest BCUT2D eigenvalue weighted by atomic mass is 9.71. The molecule has 0 heterocycles. The van der Waals surface area contributed by atoms with Crippen LogP contribution in [-0.4, -0.2) is 53.5 Å². The van der Waals surface area contributed by atoms with Crippen LogP contribution in [0.15, 0.2) is 48.5 Å². The molecule has 2 fully saturated rings. The topological polar surface area (TPSA) is 125 Å². The quantitative estimate of drug-likeness (QED) is 0.462. The molecule has 2 aromatic carbocycles. The number of benzene rings is 2. The fourth-order valence-electron chi connectivity index (χ4n) is 6.00. The number of carboxylic acids is 1. The molecule has 4 unspecified atom stereocenters. The van der Waals surface area contributed by atoms with E-state index in [1.54, 1.807) is 0 Å². The molecule has 8 heteroatoms. The number of alkyl carbamates (subject to hydrolysis) is 1. The highest BCUT2D eigenvalue weighted by Crippen LogP contribution is 2.50. The van der Waals surface area contributed by atoms with Crippen molar-refractivity contribution in [2.75, 3.05) is 13.2 Å². The van der Waals surface area contributed by atoms with Gasteiger partial charge in [-0.25, -0.2) is 9.59 Å². The number of carboxylic acid groups (broad SMARTS) is 1. The SMILES string of the molecule is O=C(NC1CC2CC(C(=O)NCC[C@H](O)C(=O)O)CC21)OCC1c2ccccc2-c2ccccc21. The van der Waals surface area contributed by atoms with Crippen LogP contribution < -0.4 is 10.6 Å². The summed E-state index contributed by atoms with van der Waals surface area (Å²) >= 11 is 0. The number of carbonyl (C=O) groups is 3. The molecule has 3 aliphatic carbocycles. The summed E-state index contributed by atoms with van der Waals surface area (Å²) in [6.45, 7) is 0.396. The van der Waals surface area contributed by atoms with Crippen LogP contribution in [0.4, 0.5) is 4.79 Å². The lowest BCUT2D eigenvalue weighted by molar-refractivity contribution is -0.147. The maximum absolute atomic E-state index is 12.6. The van der Waals surface area contributed by atoms with E-state index < -0.39 is 18.2 Å². The number of fused-ring (bicyclic) bond motifs is 4. The molecule has 0 aliphatic heterocycles. The second-order valence-electron chi connectivity index (χ2n) is 9.84. The van der Waals surface area contributed by atoms with Crippen LogP contribution in [0.2, 0.25) is 0 Å². The molecular weight excluding hydrogens is 448 g/mol. The lowest BCUT2D eigenvalue weighted by Crippen LogP contribution is -2.50. The van der Waals surface area contributed by atoms with Gasteiger partial charge in [-0.2, -0.15) is 0 Å². The van der Waals surface area contributed by atoms with E-state index in [0.717, 1.165) is 12.8 Å². The molecule has 0 bridgehead atoms. The molecule has 8 nitrogen and oxygen atoms in total. The Morgan fingerprint density at radius 1 is 0.971 bits per heavy atom. The van der Waals surface area contributed by atoms with Gasteiger partial charge in [-0.3, -0.25) is 4.79 Å². The van der Waals surface area contributed by atoms with Crippen molar-refractivity contribution in [1.29, 1.82) is 0 Å². The van der Waals surface area contributed by atoms with Gasteiger partial charge in [0.1, 0.15) is 6.61 Å². The van der Waals surface area contributed by atoms with E-state index in [0.29, 0.717) is 12.3 Å². The van der Waals surface area contributed by atoms with E-state index in [9.17, 15) is 19.5 Å². The predicted octanol–water partition coefficient (Wildman–Crippen LogP) is 2.89. The smallest absolute Gasteiger partial charge is 0.407 e. The highest BCUT2D eigenvalue weighted by Gasteiger charge is 2.50. The summed E-state index contributed by atoms with van der Waals surface area (Å²) in [7, 11) is 0. The van der Waals surface area contributed by atoms with Crippen LogP contribution in [0.5, 0.6) is 0 Å². The van der Waals surface area contributed by atoms with Gasteiger partial charge in [0.25, 0.3) is 0 Å². The maximum atomic E-state index is 12.6. The van der Waals surface area contributed by atoms with Gasteiger partial charge in [0.05, 0.1) is 0 Å². The van der Waals surface area contributed by atoms with Crippen LogP contribution in [0.3, 0.4) is 0 Å². The molecule has 184 valence electrons. The summed E-state index contributed by atoms with van der Waals surface area (Å²) in [5.41, 5.74) is 4.72. The number of aliphatic hydroxyl groups is 1. The van der Waals surface area contributed by atoms with E-state index >= 15 is 0 Å². The number of nitrogens with one attached hydrogen (secondary N) is 2. The average Bonchev–Trinajstić information content (AvgIpc) is 3.36. The van der Waals surface area contributed by atoms with E-state index in [1.165, 1.54) is 22.3 Å². The first-order valence-electron chi connectivity index (χ1n) is 12.2. The van der Waals surface area contributed by atoms with Gasteiger partial charge in [0.2, 0.25) is 5.91 Å². The Hall–Kier alpha value is -3.39. The van der Waals surface area contributed by atoms with Crippen molar-refractivity contribution in [1.82, 2.24) is 10.6 Å². The van der Waals surface area contributed by atoms with Gasteiger partial charge in [-0.1, -0.05) is 48.5 Å². The van der Waals surface area contributed by atoms with Gasteiger partial charge in [0.15, 0.2) is 6.10 Å². The molecule has 0 saturated heterocycles. The maximum Gasteiger partial charge on any atom is 0.407 e. The minimum Gasteiger partial charge on any atom is -0.479 e. The van der Waals surface area contributed by atoms with Crippen molar-refractivity contribution in [3.8, 4) is 11.1 Å². The number of amides is 2. The van der Waals surface area contributed by atoms with E-state index in [4.69, 9.17) is 9.84 Å². The van der Waals surface area contributed by atoms with Crippen LogP contribution in [0.1, 0.15) is 42.7 Å². The molecule has 5 rings (SSSR count). The minimum absolute atomic E-state index is 0.00211. The second kappa shape index (κ2) is 9.70. The van der Waals surface area contributed by atoms with Crippen molar-refractivity contribution in [3.05, 3.63) is 59.7 Å². The molecule has 4 N–H and O–H groups in total. The lowest BCUT2D eigenvalue weighted by Gasteiger charge is -2.40. The van der Waals surface area contributed by atoms with E-state index in [1.807, 2.05) is 24.3 Å². The third-order valence-electron chi connectivity index (χ3n) is 7.84. The molecule has 0 radical (unpaired) electrons. The van der Waals surface area contributed by atoms with Gasteiger partial charge in [-0.05, 0) is 53.4 Å². The van der Waals surface area contributed by atoms with Crippen molar-refractivity contribution in [2.45, 2.75) is 43.7 Å². The molecule has 0 aromatic heterocycles. The molecule has 2 amide bonds. The Bertz CT molecular complexity index is 1090. The normalized spacial score (nSPS) is 24.9. The average molecular weight is 479 g/mol. The number of hydrogen-bond donors (Lipinski definition) is 4. The van der Waals surface area contributed by atoms with Crippen molar-refractivity contribution in [2.24, 2.45) is 17.8 Å². The molecular formula is C27H30N2O6. The first kappa shape index (κ1) is 23.4. The summed E-state index contributed by atoms with van der Waals surface area (Å²) in [5.74, 6) is -0.898. The number of carbonyl (C=O) groups excluding carboxylic acids is 2. The Morgan fingerprint density at radius 2 is 1.63 bits per heavy atom. The summed E-state index contributed by atoms with van der Waals surface area (Å²) in [6, 6.07) is 16.4. The van der Waals surface area contributed by atoms with Crippen LogP contribution in [0.25, 0.3) is 11.1 Å². The van der Waals surface area contributed by atoms with Crippen molar-refractivity contribution < 1.29 is 29.3 Å². The largest absolute Gasteiger partial charge is 0.479 e. The zero-order valence-electron chi connectivity index (χ0n) is 19.4. The highest BCUT2D eigenvalue weighted by molar-refractivity contribution is 5.80. The first-order chi connectivity index (χ1) is 16.9. The Morgan fingerprint density at radius 3 is 2.29 bits per heavy atom. The van der Waals surface area contributed by atoms with Gasteiger partial charge >= 0.3 is 12.1 Å². The second-order valence-corrected chi connectivity index (χ2v) is 9.84. The van der Waals surface area contributed by atoms with E-state index in [2.05, 4.69) is 34.9 Å². The predicted molar refractivity (Wildman–Crippen MR) is 128 cm³/mol. The molecule has 5 atom stereocenters. The summed E-state index contributed by atoms with van der Waals surface area (Å²) in [6.07, 6.45) is 0.364. The number of rotatable bonds is 8. The molecule has 0 spiro atoms. The zero-order valence-corrected chi connectivity index (χ0v) is 19.4. The summed E-state index contributed by atoms with van der Waals surface area (Å²) in [4.78, 5) is 35.7. The summed E-state index contributed by atoms with van der Waals surface area (Å²) in [5, 5.41) is 23.8. The standard InChI is InChI=1S/C27H30N2O6/c30-24(26(32)33)9-10-28-25(31)16-11-15-13-23(21(15)12-16)29-27(34)35-14-22-19-7-3-1-5-17(19)18-6-2-4-8-20(18)22/h1-8,15-16,21-24,30H,9-14H2,(H,28,31)(H,29,34)(H,32,33)/t15?,16?,21?,23?,24-/m0/s1. The van der Waals surface area contributed by atoms with Crippen LogP contribution in [-0.2, 0) is 14.3 Å². The summed E-state index contributed by atoms with van der Waals surface area (Å²) < 4.78 is 5.66. The fraction of sp³-hybridized carbons (Fsp3) is 0.444. The fourth-order valence-corrected chi connectivity index (χ4v) is 6.00. The number of ether oxygens (including phenoxy) is 1. The third-order valence-corrected chi connectivity index (χ3v) is 7.84. The highest BCUT2D eigenvalue weighted by atomic mass is 16.5. The molecule has 2 saturated carbocycles. The van der Waals surface area contributed by atoms with Crippen molar-refractivity contribution >= 4 is 18.0 Å². The number of aliphatic hydroxyl groups excluding tert-OH is 1. The zero-order chi connectivity index (χ0) is 24.5. The Labute approximate surface area is 203 Å². The van der Waals surface area contributed by atoms with Crippen LogP contribution >= 0.6 is 0 Å². The number of aliphatic carboxylic acids is 1.